The number of aliphatic hydroxyl groups excluding tert-OH is 4. The van der Waals surface area contributed by atoms with E-state index in [2.05, 4.69) is 5.32 Å². The van der Waals surface area contributed by atoms with Crippen molar-refractivity contribution in [2.24, 2.45) is 23.7 Å². The largest absolute Gasteiger partial charge is 0.459 e. The minimum atomic E-state index is -1.91. The first kappa shape index (κ1) is 38.6. The average molecular weight is 635 g/mol. The van der Waals surface area contributed by atoms with E-state index in [1.807, 2.05) is 0 Å². The number of esters is 1. The van der Waals surface area contributed by atoms with Crippen molar-refractivity contribution in [3.8, 4) is 0 Å². The van der Waals surface area contributed by atoms with Crippen molar-refractivity contribution in [2.75, 3.05) is 13.6 Å². The summed E-state index contributed by atoms with van der Waals surface area (Å²) in [6.45, 7) is 14.8. The Morgan fingerprint density at radius 2 is 1.59 bits per heavy atom. The third-order valence-electron chi connectivity index (χ3n) is 9.79. The topological polar surface area (TPSA) is 198 Å². The highest BCUT2D eigenvalue weighted by atomic mass is 16.7. The molecule has 0 spiro atoms. The van der Waals surface area contributed by atoms with Gasteiger partial charge in [-0.2, -0.15) is 0 Å². The van der Waals surface area contributed by atoms with Crippen LogP contribution in [0.15, 0.2) is 0 Å². The number of amides is 2. The minimum Gasteiger partial charge on any atom is -0.459 e. The molecule has 2 rings (SSSR count). The summed E-state index contributed by atoms with van der Waals surface area (Å²) in [4.78, 5) is 27.2. The number of hydrogen-bond acceptors (Lipinski definition) is 11. The number of carbonyl (C=O) groups excluding carboxylic acids is 2. The number of carbonyl (C=O) groups is 2. The van der Waals surface area contributed by atoms with Crippen molar-refractivity contribution in [1.29, 1.82) is 0 Å². The van der Waals surface area contributed by atoms with Crippen LogP contribution in [0.25, 0.3) is 0 Å². The van der Waals surface area contributed by atoms with Gasteiger partial charge in [0.05, 0.1) is 48.1 Å². The van der Waals surface area contributed by atoms with E-state index >= 15 is 0 Å². The molecule has 13 nitrogen and oxygen atoms in total. The van der Waals surface area contributed by atoms with E-state index in [4.69, 9.17) is 14.2 Å². The standard InChI is InChI=1S/C31H58N2O11/c1-11-21-31(9,41)25(37)17(5)22(34)15(3)14-30(8,40)26(18(6)23(35)19(7)27(38)43-21)44-28-24(36)20(13-16(4)42-28)33(10)29(39)32-12-2/h15-26,28,34-37,40-41H,11-14H2,1-10H3,(H,32,39)/t15-,16-,17+,18+,19-,20+,21-,22+,23+,24-,25-,26-,28+,30?,31-/m1/s1. The van der Waals surface area contributed by atoms with Crippen LogP contribution in [0.3, 0.4) is 0 Å². The van der Waals surface area contributed by atoms with Crippen molar-refractivity contribution in [1.82, 2.24) is 10.2 Å². The molecule has 15 atom stereocenters. The molecule has 2 aliphatic heterocycles. The highest BCUT2D eigenvalue weighted by Gasteiger charge is 2.51. The zero-order valence-electron chi connectivity index (χ0n) is 28.0. The first-order chi connectivity index (χ1) is 20.2. The van der Waals surface area contributed by atoms with Gasteiger partial charge in [-0.1, -0.05) is 27.7 Å². The number of likely N-dealkylation sites (N-methyl/N-ethyl adjacent to an activating group) is 1. The molecule has 0 aliphatic carbocycles. The van der Waals surface area contributed by atoms with Gasteiger partial charge in [-0.25, -0.2) is 4.79 Å². The number of urea groups is 1. The fourth-order valence-corrected chi connectivity index (χ4v) is 6.89. The summed E-state index contributed by atoms with van der Waals surface area (Å²) in [6, 6.07) is -1.07. The van der Waals surface area contributed by atoms with Gasteiger partial charge in [0.1, 0.15) is 17.8 Å². The molecule has 44 heavy (non-hydrogen) atoms. The molecule has 0 aromatic rings. The van der Waals surface area contributed by atoms with Crippen LogP contribution in [-0.2, 0) is 19.0 Å². The van der Waals surface area contributed by atoms with E-state index in [0.717, 1.165) is 0 Å². The predicted molar refractivity (Wildman–Crippen MR) is 161 cm³/mol. The lowest BCUT2D eigenvalue weighted by Gasteiger charge is -2.47. The maximum absolute atomic E-state index is 13.3. The van der Waals surface area contributed by atoms with Crippen LogP contribution in [0, 0.1) is 23.7 Å². The fraction of sp³-hybridized carbons (Fsp3) is 0.935. The van der Waals surface area contributed by atoms with Crippen LogP contribution >= 0.6 is 0 Å². The molecule has 1 unspecified atom stereocenters. The van der Waals surface area contributed by atoms with Gasteiger partial charge in [0.2, 0.25) is 0 Å². The normalized spacial score (nSPS) is 46.5. The Bertz CT molecular complexity index is 950. The Labute approximate surface area is 261 Å². The monoisotopic (exact) mass is 634 g/mol. The second-order valence-corrected chi connectivity index (χ2v) is 13.6. The van der Waals surface area contributed by atoms with Crippen LogP contribution in [0.1, 0.15) is 81.6 Å². The number of aliphatic hydroxyl groups is 6. The fourth-order valence-electron chi connectivity index (χ4n) is 6.89. The summed E-state index contributed by atoms with van der Waals surface area (Å²) in [7, 11) is 1.56. The number of nitrogens with one attached hydrogen (secondary N) is 1. The molecule has 2 saturated heterocycles. The number of nitrogens with zero attached hydrogens (tertiary/aromatic N) is 1. The second-order valence-electron chi connectivity index (χ2n) is 13.6. The molecule has 0 bridgehead atoms. The van der Waals surface area contributed by atoms with Gasteiger partial charge in [-0.15, -0.1) is 0 Å². The summed E-state index contributed by atoms with van der Waals surface area (Å²) in [5.41, 5.74) is -3.68. The van der Waals surface area contributed by atoms with Crippen molar-refractivity contribution in [3.05, 3.63) is 0 Å². The SMILES string of the molecule is CCNC(=O)N(C)[C@H]1C[C@@H](C)O[C@@H](O[C@@H]2[C@@H](C)[C@H](O)[C@@H](C)C(=O)O[C@H](CC)[C@@](C)(O)[C@H](O)[C@@H](C)[C@@H](O)[C@H](C)CC2(C)O)[C@@H]1O. The first-order valence-corrected chi connectivity index (χ1v) is 15.9. The van der Waals surface area contributed by atoms with E-state index in [0.29, 0.717) is 13.0 Å². The lowest BCUT2D eigenvalue weighted by Crippen LogP contribution is -2.61. The molecular formula is C31H58N2O11. The molecule has 7 N–H and O–H groups in total. The van der Waals surface area contributed by atoms with Crippen molar-refractivity contribution < 1.29 is 54.4 Å². The molecule has 0 aromatic carbocycles. The number of ether oxygens (including phenoxy) is 3. The van der Waals surface area contributed by atoms with E-state index in [1.54, 1.807) is 48.6 Å². The smallest absolute Gasteiger partial charge is 0.317 e. The molecule has 2 amide bonds. The van der Waals surface area contributed by atoms with Crippen LogP contribution in [-0.4, -0.2) is 127 Å². The second kappa shape index (κ2) is 15.3. The van der Waals surface area contributed by atoms with Crippen molar-refractivity contribution in [2.45, 2.75) is 148 Å². The molecular weight excluding hydrogens is 576 g/mol. The Hall–Kier alpha value is -1.58. The van der Waals surface area contributed by atoms with Crippen LogP contribution in [0.2, 0.25) is 0 Å². The first-order valence-electron chi connectivity index (χ1n) is 15.9. The maximum Gasteiger partial charge on any atom is 0.317 e. The summed E-state index contributed by atoms with van der Waals surface area (Å²) in [5.74, 6) is -4.43. The quantitative estimate of drug-likeness (QED) is 0.211. The van der Waals surface area contributed by atoms with Gasteiger partial charge < -0.3 is 55.1 Å². The summed E-state index contributed by atoms with van der Waals surface area (Å²) < 4.78 is 17.9. The Morgan fingerprint density at radius 3 is 2.14 bits per heavy atom. The molecule has 2 heterocycles. The zero-order valence-corrected chi connectivity index (χ0v) is 28.0. The molecule has 2 aliphatic rings. The average Bonchev–Trinajstić information content (AvgIpc) is 2.96. The van der Waals surface area contributed by atoms with E-state index in [1.165, 1.54) is 25.7 Å². The van der Waals surface area contributed by atoms with E-state index in [-0.39, 0.29) is 18.9 Å². The maximum atomic E-state index is 13.3. The highest BCUT2D eigenvalue weighted by molar-refractivity contribution is 5.74. The molecule has 2 fully saturated rings. The minimum absolute atomic E-state index is 0.0776. The van der Waals surface area contributed by atoms with Gasteiger partial charge in [-0.05, 0) is 59.8 Å². The van der Waals surface area contributed by atoms with Gasteiger partial charge in [-0.3, -0.25) is 4.79 Å². The molecule has 0 radical (unpaired) electrons. The van der Waals surface area contributed by atoms with Gasteiger partial charge in [0.25, 0.3) is 0 Å². The van der Waals surface area contributed by atoms with Crippen LogP contribution in [0.5, 0.6) is 0 Å². The Kier molecular flexibility index (Phi) is 13.5. The third-order valence-corrected chi connectivity index (χ3v) is 9.79. The molecule has 258 valence electrons. The number of cyclic esters (lactones) is 1. The van der Waals surface area contributed by atoms with Gasteiger partial charge in [0.15, 0.2) is 6.29 Å². The molecule has 13 heteroatoms. The van der Waals surface area contributed by atoms with Gasteiger partial charge in [0, 0.05) is 25.4 Å². The lowest BCUT2D eigenvalue weighted by atomic mass is 9.73. The predicted octanol–water partition coefficient (Wildman–Crippen LogP) is 0.752. The third kappa shape index (κ3) is 8.41. The molecule has 0 aromatic heterocycles. The Balaban J connectivity index is 2.53. The summed E-state index contributed by atoms with van der Waals surface area (Å²) in [6.07, 6.45) is -9.16. The van der Waals surface area contributed by atoms with Gasteiger partial charge >= 0.3 is 12.0 Å². The van der Waals surface area contributed by atoms with E-state index < -0.39 is 95.9 Å². The lowest BCUT2D eigenvalue weighted by molar-refractivity contribution is -0.299. The van der Waals surface area contributed by atoms with E-state index in [9.17, 15) is 40.2 Å². The number of hydrogen-bond donors (Lipinski definition) is 7. The van der Waals surface area contributed by atoms with Crippen molar-refractivity contribution >= 4 is 12.0 Å². The van der Waals surface area contributed by atoms with Crippen molar-refractivity contribution in [3.63, 3.8) is 0 Å². The highest BCUT2D eigenvalue weighted by Crippen LogP contribution is 2.38. The number of rotatable bonds is 5. The summed E-state index contributed by atoms with van der Waals surface area (Å²) >= 11 is 0. The Morgan fingerprint density at radius 1 is 1.00 bits per heavy atom. The van der Waals surface area contributed by atoms with Crippen LogP contribution < -0.4 is 5.32 Å². The van der Waals surface area contributed by atoms with Crippen LogP contribution in [0.4, 0.5) is 4.79 Å². The zero-order chi connectivity index (χ0) is 33.9. The summed E-state index contributed by atoms with van der Waals surface area (Å²) in [5, 5.41) is 71.1. The molecule has 0 saturated carbocycles.